The molecule has 0 unspecified atom stereocenters. The third-order valence-corrected chi connectivity index (χ3v) is 4.11. The van der Waals surface area contributed by atoms with E-state index in [0.29, 0.717) is 18.7 Å². The Morgan fingerprint density at radius 2 is 1.94 bits per heavy atom. The third-order valence-electron chi connectivity index (χ3n) is 2.89. The maximum Gasteiger partial charge on any atom is 0.239 e. The van der Waals surface area contributed by atoms with Crippen LogP contribution >= 0.6 is 0 Å². The first-order chi connectivity index (χ1) is 8.46. The van der Waals surface area contributed by atoms with E-state index >= 15 is 0 Å². The third kappa shape index (κ3) is 3.30. The Balaban J connectivity index is 1.98. The fourth-order valence-electron chi connectivity index (χ4n) is 1.65. The van der Waals surface area contributed by atoms with Crippen molar-refractivity contribution in [3.8, 4) is 0 Å². The maximum absolute atomic E-state index is 11.8. The largest absolute Gasteiger partial charge is 0.315 e. The second-order valence-corrected chi connectivity index (χ2v) is 6.29. The zero-order valence-corrected chi connectivity index (χ0v) is 11.0. The molecule has 0 spiro atoms. The summed E-state index contributed by atoms with van der Waals surface area (Å²) in [5, 5.41) is 2.93. The summed E-state index contributed by atoms with van der Waals surface area (Å²) in [5.41, 5.74) is 1.74. The summed E-state index contributed by atoms with van der Waals surface area (Å²) in [6.07, 6.45) is 0. The molecular weight excluding hydrogens is 252 g/mol. The van der Waals surface area contributed by atoms with Crippen LogP contribution in [0, 0.1) is 12.8 Å². The molecule has 98 valence electrons. The van der Waals surface area contributed by atoms with E-state index in [1.807, 2.05) is 19.1 Å². The van der Waals surface area contributed by atoms with Crippen molar-refractivity contribution in [2.45, 2.75) is 12.7 Å². The first-order valence-corrected chi connectivity index (χ1v) is 7.42. The van der Waals surface area contributed by atoms with Crippen molar-refractivity contribution in [1.82, 2.24) is 10.0 Å². The number of nitrogens with one attached hydrogen (secondary N) is 2. The molecule has 2 rings (SSSR count). The highest BCUT2D eigenvalue weighted by Crippen LogP contribution is 2.08. The van der Waals surface area contributed by atoms with Gasteiger partial charge in [0.2, 0.25) is 15.9 Å². The molecule has 5 nitrogen and oxygen atoms in total. The summed E-state index contributed by atoms with van der Waals surface area (Å²) >= 11 is 0. The molecule has 1 aliphatic rings. The van der Waals surface area contributed by atoms with Crippen LogP contribution in [0.2, 0.25) is 0 Å². The number of amides is 1. The molecule has 0 bridgehead atoms. The topological polar surface area (TPSA) is 75.3 Å². The average Bonchev–Trinajstić information content (AvgIpc) is 2.17. The van der Waals surface area contributed by atoms with Crippen molar-refractivity contribution in [3.05, 3.63) is 35.4 Å². The summed E-state index contributed by atoms with van der Waals surface area (Å²) in [5.74, 6) is -0.808. The van der Waals surface area contributed by atoms with Gasteiger partial charge < -0.3 is 5.32 Å². The fourth-order valence-corrected chi connectivity index (χ4v) is 2.83. The molecule has 6 heteroatoms. The Morgan fingerprint density at radius 3 is 2.44 bits per heavy atom. The van der Waals surface area contributed by atoms with Crippen molar-refractivity contribution in [2.24, 2.45) is 5.92 Å². The van der Waals surface area contributed by atoms with E-state index in [9.17, 15) is 13.2 Å². The minimum Gasteiger partial charge on any atom is -0.315 e. The van der Waals surface area contributed by atoms with Crippen LogP contribution in [0.4, 0.5) is 0 Å². The molecule has 18 heavy (non-hydrogen) atoms. The number of hydrogen-bond donors (Lipinski definition) is 2. The molecule has 1 aliphatic heterocycles. The predicted octanol–water partition coefficient (Wildman–Crippen LogP) is 0.160. The fraction of sp³-hybridized carbons (Fsp3) is 0.417. The van der Waals surface area contributed by atoms with Crippen LogP contribution in [0.1, 0.15) is 11.1 Å². The van der Waals surface area contributed by atoms with Crippen LogP contribution in [0.15, 0.2) is 24.3 Å². The van der Waals surface area contributed by atoms with Gasteiger partial charge >= 0.3 is 0 Å². The van der Waals surface area contributed by atoms with Crippen LogP contribution in [0.3, 0.4) is 0 Å². The molecule has 1 amide bonds. The molecule has 1 aromatic rings. The smallest absolute Gasteiger partial charge is 0.239 e. The molecule has 1 fully saturated rings. The van der Waals surface area contributed by atoms with Crippen LogP contribution in [0.25, 0.3) is 0 Å². The Morgan fingerprint density at radius 1 is 1.33 bits per heavy atom. The predicted molar refractivity (Wildman–Crippen MR) is 68.3 cm³/mol. The number of rotatable bonds is 4. The van der Waals surface area contributed by atoms with Gasteiger partial charge in [0.05, 0.1) is 11.7 Å². The molecule has 0 radical (unpaired) electrons. The van der Waals surface area contributed by atoms with E-state index in [-0.39, 0.29) is 11.7 Å². The Hall–Kier alpha value is -1.40. The van der Waals surface area contributed by atoms with E-state index < -0.39 is 15.9 Å². The van der Waals surface area contributed by atoms with E-state index in [4.69, 9.17) is 0 Å². The number of carbonyl (C=O) groups is 1. The van der Waals surface area contributed by atoms with Crippen LogP contribution in [-0.4, -0.2) is 27.4 Å². The first kappa shape index (κ1) is 13.0. The van der Waals surface area contributed by atoms with Gasteiger partial charge in [-0.1, -0.05) is 29.8 Å². The molecule has 0 aliphatic carbocycles. The monoisotopic (exact) mass is 268 g/mol. The SMILES string of the molecule is Cc1ccc(CS(=O)(=O)NC(=O)C2CNC2)cc1. The Kier molecular flexibility index (Phi) is 3.68. The van der Waals surface area contributed by atoms with Gasteiger partial charge in [-0.2, -0.15) is 0 Å². The van der Waals surface area contributed by atoms with Gasteiger partial charge in [0.25, 0.3) is 0 Å². The standard InChI is InChI=1S/C12H16N2O3S/c1-9-2-4-10(5-3-9)8-18(16,17)14-12(15)11-6-13-7-11/h2-5,11,13H,6-8H2,1H3,(H,14,15). The van der Waals surface area contributed by atoms with E-state index in [1.165, 1.54) is 0 Å². The van der Waals surface area contributed by atoms with E-state index in [2.05, 4.69) is 10.0 Å². The lowest BCUT2D eigenvalue weighted by Crippen LogP contribution is -2.51. The number of aryl methyl sites for hydroxylation is 1. The van der Waals surface area contributed by atoms with Crippen molar-refractivity contribution in [2.75, 3.05) is 13.1 Å². The van der Waals surface area contributed by atoms with Crippen molar-refractivity contribution >= 4 is 15.9 Å². The van der Waals surface area contributed by atoms with Gasteiger partial charge in [-0.15, -0.1) is 0 Å². The van der Waals surface area contributed by atoms with Crippen LogP contribution < -0.4 is 10.0 Å². The minimum absolute atomic E-state index is 0.167. The normalized spacial score (nSPS) is 16.1. The second kappa shape index (κ2) is 5.07. The minimum atomic E-state index is -3.60. The molecule has 1 aromatic carbocycles. The quantitative estimate of drug-likeness (QED) is 0.815. The molecule has 1 heterocycles. The zero-order valence-electron chi connectivity index (χ0n) is 10.1. The number of carbonyl (C=O) groups excluding carboxylic acids is 1. The van der Waals surface area contributed by atoms with Gasteiger partial charge in [-0.3, -0.25) is 9.52 Å². The highest BCUT2D eigenvalue weighted by Gasteiger charge is 2.28. The Labute approximate surface area is 107 Å². The lowest BCUT2D eigenvalue weighted by molar-refractivity contribution is -0.124. The highest BCUT2D eigenvalue weighted by atomic mass is 32.2. The molecule has 0 aromatic heterocycles. The van der Waals surface area contributed by atoms with Crippen molar-refractivity contribution in [1.29, 1.82) is 0 Å². The van der Waals surface area contributed by atoms with Crippen molar-refractivity contribution < 1.29 is 13.2 Å². The van der Waals surface area contributed by atoms with Gasteiger partial charge in [-0.05, 0) is 12.5 Å². The van der Waals surface area contributed by atoms with Crippen LogP contribution in [-0.2, 0) is 20.6 Å². The maximum atomic E-state index is 11.8. The van der Waals surface area contributed by atoms with Gasteiger partial charge in [0.1, 0.15) is 0 Å². The lowest BCUT2D eigenvalue weighted by atomic mass is 10.0. The lowest BCUT2D eigenvalue weighted by Gasteiger charge is -2.25. The Bertz CT molecular complexity index is 533. The molecule has 0 saturated carbocycles. The first-order valence-electron chi connectivity index (χ1n) is 5.77. The van der Waals surface area contributed by atoms with Gasteiger partial charge in [0, 0.05) is 13.1 Å². The summed E-state index contributed by atoms with van der Waals surface area (Å²) in [6, 6.07) is 7.21. The highest BCUT2D eigenvalue weighted by molar-refractivity contribution is 7.89. The molecule has 1 saturated heterocycles. The van der Waals surface area contributed by atoms with Gasteiger partial charge in [0.15, 0.2) is 0 Å². The number of hydrogen-bond acceptors (Lipinski definition) is 4. The summed E-state index contributed by atoms with van der Waals surface area (Å²) in [4.78, 5) is 11.6. The van der Waals surface area contributed by atoms with Gasteiger partial charge in [-0.25, -0.2) is 8.42 Å². The second-order valence-electron chi connectivity index (χ2n) is 4.57. The van der Waals surface area contributed by atoms with E-state index in [1.54, 1.807) is 12.1 Å². The summed E-state index contributed by atoms with van der Waals surface area (Å²) in [7, 11) is -3.60. The zero-order chi connectivity index (χ0) is 13.2. The molecular formula is C12H16N2O3S. The number of sulfonamides is 1. The van der Waals surface area contributed by atoms with Crippen LogP contribution in [0.5, 0.6) is 0 Å². The molecule has 0 atom stereocenters. The summed E-state index contributed by atoms with van der Waals surface area (Å²) in [6.45, 7) is 3.03. The van der Waals surface area contributed by atoms with E-state index in [0.717, 1.165) is 5.56 Å². The van der Waals surface area contributed by atoms with Crippen molar-refractivity contribution in [3.63, 3.8) is 0 Å². The summed E-state index contributed by atoms with van der Waals surface area (Å²) < 4.78 is 25.7. The molecule has 2 N–H and O–H groups in total. The average molecular weight is 268 g/mol. The number of benzene rings is 1.